The van der Waals surface area contributed by atoms with E-state index in [0.717, 1.165) is 18.5 Å². The summed E-state index contributed by atoms with van der Waals surface area (Å²) in [6.45, 7) is 3.48. The van der Waals surface area contributed by atoms with Gasteiger partial charge < -0.3 is 4.74 Å². The molecule has 6 heteroatoms. The summed E-state index contributed by atoms with van der Waals surface area (Å²) in [7, 11) is 0. The second-order valence-corrected chi connectivity index (χ2v) is 7.64. The van der Waals surface area contributed by atoms with Crippen LogP contribution in [-0.4, -0.2) is 16.5 Å². The van der Waals surface area contributed by atoms with Crippen molar-refractivity contribution in [3.63, 3.8) is 0 Å². The number of hydrogen-bond acceptors (Lipinski definition) is 4. The Morgan fingerprint density at radius 3 is 2.65 bits per heavy atom. The van der Waals surface area contributed by atoms with E-state index in [4.69, 9.17) is 16.3 Å². The second-order valence-electron chi connectivity index (χ2n) is 6.12. The van der Waals surface area contributed by atoms with Crippen LogP contribution in [0, 0.1) is 0 Å². The van der Waals surface area contributed by atoms with E-state index in [9.17, 15) is 4.79 Å². The van der Waals surface area contributed by atoms with Crippen molar-refractivity contribution < 1.29 is 9.53 Å². The quantitative estimate of drug-likeness (QED) is 0.885. The number of aryl methyl sites for hydroxylation is 2. The number of ether oxygens (including phenoxy) is 1. The van der Waals surface area contributed by atoms with E-state index >= 15 is 0 Å². The fourth-order valence-corrected chi connectivity index (χ4v) is 3.67. The number of carbonyl (C=O) groups excluding carboxylic acids is 1. The van der Waals surface area contributed by atoms with Crippen LogP contribution in [0.2, 0.25) is 5.02 Å². The number of rotatable bonds is 4. The standard InChI is InChI=1S/C17H19ClN2O2S/c1-17(2,22-12-9-7-11(18)8-10-12)15(21)20-16-19-13-5-3-4-6-14(13)23-16/h7-10H,3-6H2,1-2H3,(H,19,20,21). The summed E-state index contributed by atoms with van der Waals surface area (Å²) < 4.78 is 5.80. The van der Waals surface area contributed by atoms with Gasteiger partial charge in [-0.25, -0.2) is 4.98 Å². The van der Waals surface area contributed by atoms with Crippen LogP contribution >= 0.6 is 22.9 Å². The maximum absolute atomic E-state index is 12.5. The molecule has 3 rings (SSSR count). The summed E-state index contributed by atoms with van der Waals surface area (Å²) in [4.78, 5) is 18.4. The highest BCUT2D eigenvalue weighted by Crippen LogP contribution is 2.30. The Hall–Kier alpha value is -1.59. The summed E-state index contributed by atoms with van der Waals surface area (Å²) >= 11 is 7.43. The van der Waals surface area contributed by atoms with Gasteiger partial charge in [0.25, 0.3) is 5.91 Å². The first-order valence-corrected chi connectivity index (χ1v) is 8.88. The van der Waals surface area contributed by atoms with Gasteiger partial charge in [0.05, 0.1) is 5.69 Å². The van der Waals surface area contributed by atoms with Crippen molar-refractivity contribution in [3.8, 4) is 5.75 Å². The molecule has 0 aliphatic heterocycles. The molecule has 0 bridgehead atoms. The number of fused-ring (bicyclic) bond motifs is 1. The largest absolute Gasteiger partial charge is 0.478 e. The van der Waals surface area contributed by atoms with E-state index in [1.54, 1.807) is 49.4 Å². The van der Waals surface area contributed by atoms with E-state index < -0.39 is 5.60 Å². The summed E-state index contributed by atoms with van der Waals surface area (Å²) in [5.74, 6) is 0.395. The maximum Gasteiger partial charge on any atom is 0.269 e. The lowest BCUT2D eigenvalue weighted by Gasteiger charge is -2.24. The van der Waals surface area contributed by atoms with E-state index in [0.29, 0.717) is 15.9 Å². The average Bonchev–Trinajstić information content (AvgIpc) is 2.91. The molecule has 1 heterocycles. The van der Waals surface area contributed by atoms with Crippen molar-refractivity contribution >= 4 is 34.0 Å². The molecular weight excluding hydrogens is 332 g/mol. The predicted molar refractivity (Wildman–Crippen MR) is 93.5 cm³/mol. The van der Waals surface area contributed by atoms with Gasteiger partial charge in [-0.05, 0) is 63.8 Å². The van der Waals surface area contributed by atoms with Crippen LogP contribution in [0.15, 0.2) is 24.3 Å². The number of hydrogen-bond donors (Lipinski definition) is 1. The molecule has 0 atom stereocenters. The lowest BCUT2D eigenvalue weighted by Crippen LogP contribution is -2.42. The molecule has 1 aromatic carbocycles. The molecule has 1 amide bonds. The van der Waals surface area contributed by atoms with E-state index in [-0.39, 0.29) is 5.91 Å². The van der Waals surface area contributed by atoms with Crippen LogP contribution in [0.3, 0.4) is 0 Å². The zero-order valence-electron chi connectivity index (χ0n) is 13.2. The van der Waals surface area contributed by atoms with Gasteiger partial charge in [-0.15, -0.1) is 11.3 Å². The molecule has 0 saturated heterocycles. The van der Waals surface area contributed by atoms with Crippen molar-refractivity contribution in [2.75, 3.05) is 5.32 Å². The molecule has 0 saturated carbocycles. The van der Waals surface area contributed by atoms with Gasteiger partial charge >= 0.3 is 0 Å². The predicted octanol–water partition coefficient (Wildman–Crippen LogP) is 4.47. The summed E-state index contributed by atoms with van der Waals surface area (Å²) in [5.41, 5.74) is 0.132. The number of anilines is 1. The number of nitrogens with one attached hydrogen (secondary N) is 1. The van der Waals surface area contributed by atoms with Gasteiger partial charge in [0.15, 0.2) is 10.7 Å². The Morgan fingerprint density at radius 2 is 1.96 bits per heavy atom. The molecule has 0 unspecified atom stereocenters. The number of nitrogens with zero attached hydrogens (tertiary/aromatic N) is 1. The summed E-state index contributed by atoms with van der Waals surface area (Å²) in [6, 6.07) is 6.97. The van der Waals surface area contributed by atoms with E-state index in [2.05, 4.69) is 10.3 Å². The van der Waals surface area contributed by atoms with Crippen molar-refractivity contribution in [2.45, 2.75) is 45.1 Å². The van der Waals surface area contributed by atoms with Crippen LogP contribution in [0.4, 0.5) is 5.13 Å². The van der Waals surface area contributed by atoms with Crippen LogP contribution in [0.1, 0.15) is 37.3 Å². The first-order valence-electron chi connectivity index (χ1n) is 7.69. The highest BCUT2D eigenvalue weighted by Gasteiger charge is 2.31. The van der Waals surface area contributed by atoms with Crippen LogP contribution in [0.5, 0.6) is 5.75 Å². The molecule has 1 aliphatic carbocycles. The lowest BCUT2D eigenvalue weighted by molar-refractivity contribution is -0.128. The molecule has 4 nitrogen and oxygen atoms in total. The third kappa shape index (κ3) is 3.85. The highest BCUT2D eigenvalue weighted by molar-refractivity contribution is 7.15. The number of amides is 1. The van der Waals surface area contributed by atoms with Crippen molar-refractivity contribution in [1.82, 2.24) is 4.98 Å². The smallest absolute Gasteiger partial charge is 0.269 e. The van der Waals surface area contributed by atoms with Crippen molar-refractivity contribution in [3.05, 3.63) is 39.9 Å². The third-order valence-electron chi connectivity index (χ3n) is 3.80. The Bertz CT molecular complexity index is 686. The van der Waals surface area contributed by atoms with E-state index in [1.165, 1.54) is 17.7 Å². The first kappa shape index (κ1) is 16.3. The van der Waals surface area contributed by atoms with Crippen molar-refractivity contribution in [2.24, 2.45) is 0 Å². The third-order valence-corrected chi connectivity index (χ3v) is 5.12. The van der Waals surface area contributed by atoms with Gasteiger partial charge in [-0.2, -0.15) is 0 Å². The molecule has 0 fully saturated rings. The minimum Gasteiger partial charge on any atom is -0.478 e. The molecule has 1 aliphatic rings. The molecule has 0 spiro atoms. The summed E-state index contributed by atoms with van der Waals surface area (Å²) in [5, 5.41) is 4.18. The zero-order chi connectivity index (χ0) is 16.4. The fourth-order valence-electron chi connectivity index (χ4n) is 2.50. The molecule has 23 heavy (non-hydrogen) atoms. The Kier molecular flexibility index (Phi) is 4.60. The number of carbonyl (C=O) groups is 1. The maximum atomic E-state index is 12.5. The van der Waals surface area contributed by atoms with Gasteiger partial charge in [-0.1, -0.05) is 11.6 Å². The molecular formula is C17H19ClN2O2S. The minimum absolute atomic E-state index is 0.210. The molecule has 1 aromatic heterocycles. The average molecular weight is 351 g/mol. The summed E-state index contributed by atoms with van der Waals surface area (Å²) in [6.07, 6.45) is 4.45. The van der Waals surface area contributed by atoms with Gasteiger partial charge in [-0.3, -0.25) is 10.1 Å². The molecule has 2 aromatic rings. The topological polar surface area (TPSA) is 51.2 Å². The molecule has 122 valence electrons. The lowest BCUT2D eigenvalue weighted by atomic mass is 10.0. The number of thiazole rings is 1. The number of benzene rings is 1. The Labute approximate surface area is 144 Å². The monoisotopic (exact) mass is 350 g/mol. The normalized spacial score (nSPS) is 14.2. The van der Waals surface area contributed by atoms with Crippen molar-refractivity contribution in [1.29, 1.82) is 0 Å². The number of aromatic nitrogens is 1. The molecule has 0 radical (unpaired) electrons. The van der Waals surface area contributed by atoms with Crippen LogP contribution < -0.4 is 10.1 Å². The van der Waals surface area contributed by atoms with Gasteiger partial charge in [0.2, 0.25) is 0 Å². The highest BCUT2D eigenvalue weighted by atomic mass is 35.5. The Morgan fingerprint density at radius 1 is 1.26 bits per heavy atom. The van der Waals surface area contributed by atoms with Crippen LogP contribution in [0.25, 0.3) is 0 Å². The zero-order valence-corrected chi connectivity index (χ0v) is 14.8. The first-order chi connectivity index (χ1) is 10.9. The number of halogens is 1. The van der Waals surface area contributed by atoms with Crippen LogP contribution in [-0.2, 0) is 17.6 Å². The second kappa shape index (κ2) is 6.49. The van der Waals surface area contributed by atoms with E-state index in [1.807, 2.05) is 0 Å². The minimum atomic E-state index is -1.000. The Balaban J connectivity index is 1.68. The molecule has 1 N–H and O–H groups in total. The fraction of sp³-hybridized carbons (Fsp3) is 0.412. The van der Waals surface area contributed by atoms with Gasteiger partial charge in [0, 0.05) is 9.90 Å². The van der Waals surface area contributed by atoms with Gasteiger partial charge in [0.1, 0.15) is 5.75 Å². The SMILES string of the molecule is CC(C)(Oc1ccc(Cl)cc1)C(=O)Nc1nc2c(s1)CCCC2.